The van der Waals surface area contributed by atoms with Crippen molar-refractivity contribution in [3.05, 3.63) is 4.88 Å². The number of rotatable bonds is 6. The van der Waals surface area contributed by atoms with Crippen molar-refractivity contribution < 1.29 is 9.53 Å². The Morgan fingerprint density at radius 1 is 1.43 bits per heavy atom. The van der Waals surface area contributed by atoms with E-state index in [2.05, 4.69) is 9.88 Å². The van der Waals surface area contributed by atoms with Gasteiger partial charge in [-0.1, -0.05) is 11.3 Å². The molecule has 21 heavy (non-hydrogen) atoms. The molecule has 1 aromatic rings. The fourth-order valence-electron chi connectivity index (χ4n) is 2.41. The number of nitrogens with two attached hydrogens (primary N) is 1. The van der Waals surface area contributed by atoms with Crippen LogP contribution in [-0.2, 0) is 4.74 Å². The summed E-state index contributed by atoms with van der Waals surface area (Å²) in [5.74, 6) is 0.300. The number of nitrogen functional groups attached to an aromatic ring is 1. The van der Waals surface area contributed by atoms with Gasteiger partial charge in [0.25, 0.3) is 5.91 Å². The molecule has 0 aliphatic carbocycles. The molecular formula is C14H24N4O2S. The van der Waals surface area contributed by atoms with Gasteiger partial charge in [0.15, 0.2) is 5.13 Å². The fraction of sp³-hybridized carbons (Fsp3) is 0.714. The summed E-state index contributed by atoms with van der Waals surface area (Å²) >= 11 is 1.41. The number of carbonyl (C=O) groups excluding carboxylic acids is 1. The fourth-order valence-corrected chi connectivity index (χ4v) is 3.45. The second kappa shape index (κ2) is 7.61. The van der Waals surface area contributed by atoms with Crippen molar-refractivity contribution in [2.24, 2.45) is 0 Å². The number of methoxy groups -OCH3 is 1. The molecule has 0 unspecified atom stereocenters. The zero-order valence-electron chi connectivity index (χ0n) is 12.8. The Hall–Kier alpha value is -1.34. The van der Waals surface area contributed by atoms with Gasteiger partial charge in [0.1, 0.15) is 10.7 Å². The summed E-state index contributed by atoms with van der Waals surface area (Å²) in [7, 11) is 3.45. The van der Waals surface area contributed by atoms with E-state index in [4.69, 9.17) is 10.5 Å². The lowest BCUT2D eigenvalue weighted by Gasteiger charge is -2.25. The minimum absolute atomic E-state index is 0.0515. The summed E-state index contributed by atoms with van der Waals surface area (Å²) < 4.78 is 5.01. The van der Waals surface area contributed by atoms with E-state index in [0.29, 0.717) is 23.8 Å². The van der Waals surface area contributed by atoms with Crippen molar-refractivity contribution in [3.63, 3.8) is 0 Å². The minimum atomic E-state index is -0.0515. The van der Waals surface area contributed by atoms with Crippen LogP contribution in [-0.4, -0.2) is 56.2 Å². The van der Waals surface area contributed by atoms with Crippen LogP contribution in [0.4, 0.5) is 10.9 Å². The summed E-state index contributed by atoms with van der Waals surface area (Å²) in [5, 5.41) is 0.876. The minimum Gasteiger partial charge on any atom is -0.385 e. The smallest absolute Gasteiger partial charge is 0.267 e. The molecule has 0 aromatic carbocycles. The highest BCUT2D eigenvalue weighted by atomic mass is 32.1. The van der Waals surface area contributed by atoms with E-state index in [1.54, 1.807) is 19.1 Å². The number of piperidine rings is 1. The van der Waals surface area contributed by atoms with Crippen molar-refractivity contribution in [2.45, 2.75) is 25.7 Å². The molecule has 0 radical (unpaired) electrons. The highest BCUT2D eigenvalue weighted by molar-refractivity contribution is 7.18. The van der Waals surface area contributed by atoms with Gasteiger partial charge < -0.3 is 20.3 Å². The monoisotopic (exact) mass is 312 g/mol. The maximum Gasteiger partial charge on any atom is 0.267 e. The molecule has 118 valence electrons. The Morgan fingerprint density at radius 3 is 2.81 bits per heavy atom. The lowest BCUT2D eigenvalue weighted by Crippen LogP contribution is -2.29. The Kier molecular flexibility index (Phi) is 5.81. The molecule has 2 heterocycles. The largest absolute Gasteiger partial charge is 0.385 e. The molecule has 1 amide bonds. The molecule has 1 aliphatic heterocycles. The number of nitrogens with zero attached hydrogens (tertiary/aromatic N) is 3. The SMILES string of the molecule is COCCCN(C)C(=O)c1sc(N2CCCCC2)nc1N. The first-order valence-electron chi connectivity index (χ1n) is 7.39. The van der Waals surface area contributed by atoms with Gasteiger partial charge in [-0.05, 0) is 25.7 Å². The molecule has 0 saturated carbocycles. The van der Waals surface area contributed by atoms with E-state index in [1.807, 2.05) is 0 Å². The van der Waals surface area contributed by atoms with Gasteiger partial charge in [0, 0.05) is 40.4 Å². The van der Waals surface area contributed by atoms with E-state index >= 15 is 0 Å². The first-order chi connectivity index (χ1) is 10.1. The third-order valence-electron chi connectivity index (χ3n) is 3.65. The molecule has 1 aromatic heterocycles. The lowest BCUT2D eigenvalue weighted by molar-refractivity contribution is 0.0785. The first kappa shape index (κ1) is 16.0. The lowest BCUT2D eigenvalue weighted by atomic mass is 10.1. The second-order valence-corrected chi connectivity index (χ2v) is 6.31. The van der Waals surface area contributed by atoms with Gasteiger partial charge in [0.2, 0.25) is 0 Å². The van der Waals surface area contributed by atoms with Crippen LogP contribution < -0.4 is 10.6 Å². The van der Waals surface area contributed by atoms with Crippen molar-refractivity contribution in [2.75, 3.05) is 51.0 Å². The standard InChI is InChI=1S/C14H24N4O2S/c1-17(7-6-10-20-2)13(19)11-12(15)16-14(21-11)18-8-4-3-5-9-18/h3-10,15H2,1-2H3. The van der Waals surface area contributed by atoms with Crippen molar-refractivity contribution in [3.8, 4) is 0 Å². The van der Waals surface area contributed by atoms with Crippen molar-refractivity contribution in [1.82, 2.24) is 9.88 Å². The third kappa shape index (κ3) is 4.07. The van der Waals surface area contributed by atoms with Crippen LogP contribution >= 0.6 is 11.3 Å². The average molecular weight is 312 g/mol. The molecule has 2 N–H and O–H groups in total. The quantitative estimate of drug-likeness (QED) is 0.811. The van der Waals surface area contributed by atoms with E-state index in [0.717, 1.165) is 24.6 Å². The molecule has 1 fully saturated rings. The van der Waals surface area contributed by atoms with Gasteiger partial charge in [-0.25, -0.2) is 4.98 Å². The summed E-state index contributed by atoms with van der Waals surface area (Å²) in [6, 6.07) is 0. The average Bonchev–Trinajstić information content (AvgIpc) is 2.89. The Labute approximate surface area is 129 Å². The summed E-state index contributed by atoms with van der Waals surface area (Å²) in [5.41, 5.74) is 5.94. The summed E-state index contributed by atoms with van der Waals surface area (Å²) in [6.45, 7) is 3.31. The van der Waals surface area contributed by atoms with Crippen LogP contribution in [0, 0.1) is 0 Å². The molecule has 2 rings (SSSR count). The van der Waals surface area contributed by atoms with Gasteiger partial charge in [-0.3, -0.25) is 4.79 Å². The number of carbonyl (C=O) groups is 1. The number of anilines is 2. The zero-order valence-corrected chi connectivity index (χ0v) is 13.6. The number of amides is 1. The molecule has 1 saturated heterocycles. The van der Waals surface area contributed by atoms with Crippen LogP contribution in [0.5, 0.6) is 0 Å². The van der Waals surface area contributed by atoms with Crippen molar-refractivity contribution in [1.29, 1.82) is 0 Å². The van der Waals surface area contributed by atoms with Gasteiger partial charge in [-0.15, -0.1) is 0 Å². The van der Waals surface area contributed by atoms with E-state index < -0.39 is 0 Å². The van der Waals surface area contributed by atoms with Crippen LogP contribution in [0.2, 0.25) is 0 Å². The third-order valence-corrected chi connectivity index (χ3v) is 4.77. The second-order valence-electron chi connectivity index (χ2n) is 5.33. The molecule has 0 atom stereocenters. The highest BCUT2D eigenvalue weighted by Crippen LogP contribution is 2.30. The molecule has 6 nitrogen and oxygen atoms in total. The highest BCUT2D eigenvalue weighted by Gasteiger charge is 2.22. The Bertz CT molecular complexity index is 472. The summed E-state index contributed by atoms with van der Waals surface area (Å²) in [6.07, 6.45) is 4.45. The molecule has 0 spiro atoms. The van der Waals surface area contributed by atoms with Crippen LogP contribution in [0.1, 0.15) is 35.4 Å². The van der Waals surface area contributed by atoms with Crippen LogP contribution in [0.3, 0.4) is 0 Å². The van der Waals surface area contributed by atoms with Crippen LogP contribution in [0.25, 0.3) is 0 Å². The van der Waals surface area contributed by atoms with E-state index in [9.17, 15) is 4.79 Å². The van der Waals surface area contributed by atoms with E-state index in [-0.39, 0.29) is 5.91 Å². The molecule has 1 aliphatic rings. The topological polar surface area (TPSA) is 71.7 Å². The number of hydrogen-bond donors (Lipinski definition) is 1. The zero-order chi connectivity index (χ0) is 15.2. The summed E-state index contributed by atoms with van der Waals surface area (Å²) in [4.78, 5) is 21.3. The number of hydrogen-bond acceptors (Lipinski definition) is 6. The Morgan fingerprint density at radius 2 is 2.14 bits per heavy atom. The van der Waals surface area contributed by atoms with Gasteiger partial charge in [-0.2, -0.15) is 0 Å². The number of thiazole rings is 1. The van der Waals surface area contributed by atoms with Gasteiger partial charge in [0.05, 0.1) is 0 Å². The number of aromatic nitrogens is 1. The Balaban J connectivity index is 2.01. The van der Waals surface area contributed by atoms with Crippen LogP contribution in [0.15, 0.2) is 0 Å². The molecule has 7 heteroatoms. The van der Waals surface area contributed by atoms with Crippen molar-refractivity contribution >= 4 is 28.2 Å². The maximum atomic E-state index is 12.4. The maximum absolute atomic E-state index is 12.4. The molecular weight excluding hydrogens is 288 g/mol. The number of ether oxygens (including phenoxy) is 1. The van der Waals surface area contributed by atoms with Gasteiger partial charge >= 0.3 is 0 Å². The van der Waals surface area contributed by atoms with E-state index in [1.165, 1.54) is 30.6 Å². The predicted octanol–water partition coefficient (Wildman–Crippen LogP) is 1.82. The molecule has 0 bridgehead atoms. The predicted molar refractivity (Wildman–Crippen MR) is 86.0 cm³/mol. The first-order valence-corrected chi connectivity index (χ1v) is 8.20. The normalized spacial score (nSPS) is 15.2.